The maximum atomic E-state index is 12.6. The Hall–Kier alpha value is -3.26. The van der Waals surface area contributed by atoms with Crippen LogP contribution in [-0.4, -0.2) is 65.0 Å². The zero-order valence-electron chi connectivity index (χ0n) is 20.6. The van der Waals surface area contributed by atoms with E-state index in [1.807, 2.05) is 30.3 Å². The fourth-order valence-corrected chi connectivity index (χ4v) is 5.63. The van der Waals surface area contributed by atoms with Crippen LogP contribution in [0.2, 0.25) is 0 Å². The van der Waals surface area contributed by atoms with E-state index < -0.39 is 0 Å². The van der Waals surface area contributed by atoms with Crippen LogP contribution in [0.4, 0.5) is 5.69 Å². The Morgan fingerprint density at radius 2 is 1.89 bits per heavy atom. The summed E-state index contributed by atoms with van der Waals surface area (Å²) in [7, 11) is 1.63. The van der Waals surface area contributed by atoms with Crippen LogP contribution in [0.1, 0.15) is 60.5 Å². The smallest absolute Gasteiger partial charge is 0.269 e. The van der Waals surface area contributed by atoms with Gasteiger partial charge in [0.05, 0.1) is 22.3 Å². The Labute approximate surface area is 205 Å². The number of aromatic nitrogens is 3. The Bertz CT molecular complexity index is 1260. The number of piperidine rings is 2. The van der Waals surface area contributed by atoms with E-state index in [2.05, 4.69) is 38.1 Å². The second-order valence-electron chi connectivity index (χ2n) is 9.62. The Morgan fingerprint density at radius 1 is 1.09 bits per heavy atom. The number of aromatic amines is 1. The van der Waals surface area contributed by atoms with Gasteiger partial charge in [-0.1, -0.05) is 19.1 Å². The summed E-state index contributed by atoms with van der Waals surface area (Å²) in [6.07, 6.45) is 5.15. The number of hydrogen-bond acceptors (Lipinski definition) is 6. The standard InChI is InChI=1S/C27H34N6O2/c1-3-21-24(11-10-23(29-21)27(35)28-2)32-15-12-19(13-16-32)33-14-6-7-18(17-33)25-30-22-9-5-4-8-20(22)26(34)31-25/h4-5,8-11,18-19H,3,6-7,12-17H2,1-2H3,(H,28,35)(H,30,31,34). The highest BCUT2D eigenvalue weighted by Crippen LogP contribution is 2.31. The average Bonchev–Trinajstić information content (AvgIpc) is 2.92. The monoisotopic (exact) mass is 474 g/mol. The Morgan fingerprint density at radius 3 is 2.66 bits per heavy atom. The first-order valence-electron chi connectivity index (χ1n) is 12.8. The molecule has 2 saturated heterocycles. The maximum absolute atomic E-state index is 12.6. The number of para-hydroxylation sites is 1. The van der Waals surface area contributed by atoms with E-state index >= 15 is 0 Å². The average molecular weight is 475 g/mol. The summed E-state index contributed by atoms with van der Waals surface area (Å²) in [6.45, 7) is 6.08. The van der Waals surface area contributed by atoms with Gasteiger partial charge in [0.15, 0.2) is 0 Å². The summed E-state index contributed by atoms with van der Waals surface area (Å²) in [4.78, 5) is 42.1. The minimum atomic E-state index is -0.146. The lowest BCUT2D eigenvalue weighted by atomic mass is 9.93. The number of anilines is 1. The quantitative estimate of drug-likeness (QED) is 0.590. The number of nitrogens with zero attached hydrogens (tertiary/aromatic N) is 4. The van der Waals surface area contributed by atoms with Crippen molar-refractivity contribution in [3.63, 3.8) is 0 Å². The second-order valence-corrected chi connectivity index (χ2v) is 9.62. The van der Waals surface area contributed by atoms with E-state index in [0.29, 0.717) is 17.1 Å². The first-order chi connectivity index (χ1) is 17.1. The molecule has 184 valence electrons. The van der Waals surface area contributed by atoms with Gasteiger partial charge in [0.2, 0.25) is 0 Å². The van der Waals surface area contributed by atoms with Crippen LogP contribution in [-0.2, 0) is 6.42 Å². The van der Waals surface area contributed by atoms with Gasteiger partial charge in [-0.3, -0.25) is 14.5 Å². The number of likely N-dealkylation sites (tertiary alicyclic amines) is 1. The summed E-state index contributed by atoms with van der Waals surface area (Å²) in [6, 6.07) is 12.0. The number of rotatable bonds is 5. The second kappa shape index (κ2) is 10.2. The molecule has 0 aliphatic carbocycles. The molecule has 0 spiro atoms. The van der Waals surface area contributed by atoms with E-state index in [1.54, 1.807) is 7.05 Å². The van der Waals surface area contributed by atoms with Crippen LogP contribution in [0.5, 0.6) is 0 Å². The molecule has 8 nitrogen and oxygen atoms in total. The number of H-pyrrole nitrogens is 1. The van der Waals surface area contributed by atoms with Crippen molar-refractivity contribution in [3.8, 4) is 0 Å². The summed E-state index contributed by atoms with van der Waals surface area (Å²) >= 11 is 0. The van der Waals surface area contributed by atoms with Crippen molar-refractivity contribution in [2.45, 2.75) is 51.0 Å². The lowest BCUT2D eigenvalue weighted by molar-refractivity contribution is 0.0958. The highest BCUT2D eigenvalue weighted by molar-refractivity contribution is 5.92. The highest BCUT2D eigenvalue weighted by Gasteiger charge is 2.31. The lowest BCUT2D eigenvalue weighted by Crippen LogP contribution is -2.48. The number of benzene rings is 1. The molecule has 35 heavy (non-hydrogen) atoms. The van der Waals surface area contributed by atoms with Gasteiger partial charge in [-0.15, -0.1) is 0 Å². The van der Waals surface area contributed by atoms with Crippen LogP contribution in [0.25, 0.3) is 10.9 Å². The minimum absolute atomic E-state index is 0.0428. The number of aryl methyl sites for hydroxylation is 1. The molecule has 2 aromatic heterocycles. The molecule has 0 bridgehead atoms. The maximum Gasteiger partial charge on any atom is 0.269 e. The molecule has 1 atom stereocenters. The minimum Gasteiger partial charge on any atom is -0.370 e. The number of carbonyl (C=O) groups is 1. The van der Waals surface area contributed by atoms with E-state index in [1.165, 1.54) is 0 Å². The molecule has 1 aromatic carbocycles. The molecule has 1 unspecified atom stereocenters. The predicted molar refractivity (Wildman–Crippen MR) is 138 cm³/mol. The van der Waals surface area contributed by atoms with Crippen LogP contribution in [0, 0.1) is 0 Å². The van der Waals surface area contributed by atoms with Gasteiger partial charge in [-0.2, -0.15) is 0 Å². The molecule has 2 fully saturated rings. The van der Waals surface area contributed by atoms with E-state index in [-0.39, 0.29) is 17.4 Å². The van der Waals surface area contributed by atoms with Gasteiger partial charge in [-0.25, -0.2) is 9.97 Å². The predicted octanol–water partition coefficient (Wildman–Crippen LogP) is 3.09. The van der Waals surface area contributed by atoms with E-state index in [4.69, 9.17) is 4.98 Å². The molecule has 0 saturated carbocycles. The molecule has 8 heteroatoms. The van der Waals surface area contributed by atoms with E-state index in [0.717, 1.165) is 81.0 Å². The topological polar surface area (TPSA) is 94.2 Å². The van der Waals surface area contributed by atoms with Gasteiger partial charge in [0.25, 0.3) is 11.5 Å². The summed E-state index contributed by atoms with van der Waals surface area (Å²) in [5.74, 6) is 0.935. The normalized spacial score (nSPS) is 19.7. The number of carbonyl (C=O) groups excluding carboxylic acids is 1. The molecule has 1 amide bonds. The van der Waals surface area contributed by atoms with Crippen molar-refractivity contribution in [1.29, 1.82) is 0 Å². The Balaban J connectivity index is 1.25. The third kappa shape index (κ3) is 4.80. The SMILES string of the molecule is CCc1nc(C(=O)NC)ccc1N1CCC(N2CCCC(c3nc4ccccc4c(=O)[nH]3)C2)CC1. The molecular formula is C27H34N6O2. The fraction of sp³-hybridized carbons (Fsp3) is 0.481. The lowest BCUT2D eigenvalue weighted by Gasteiger charge is -2.43. The van der Waals surface area contributed by atoms with Crippen molar-refractivity contribution in [2.24, 2.45) is 0 Å². The van der Waals surface area contributed by atoms with Crippen LogP contribution in [0.3, 0.4) is 0 Å². The Kier molecular flexibility index (Phi) is 6.81. The molecule has 2 aliphatic rings. The zero-order chi connectivity index (χ0) is 24.4. The first kappa shape index (κ1) is 23.5. The molecule has 4 heterocycles. The molecule has 3 aromatic rings. The highest BCUT2D eigenvalue weighted by atomic mass is 16.1. The molecule has 2 aliphatic heterocycles. The van der Waals surface area contributed by atoms with Crippen LogP contribution in [0.15, 0.2) is 41.2 Å². The van der Waals surface area contributed by atoms with Crippen molar-refractivity contribution in [3.05, 3.63) is 64.0 Å². The molecule has 2 N–H and O–H groups in total. The van der Waals surface area contributed by atoms with Crippen LogP contribution < -0.4 is 15.8 Å². The molecular weight excluding hydrogens is 440 g/mol. The molecule has 0 radical (unpaired) electrons. The largest absolute Gasteiger partial charge is 0.370 e. The first-order valence-corrected chi connectivity index (χ1v) is 12.8. The zero-order valence-corrected chi connectivity index (χ0v) is 20.6. The molecule has 5 rings (SSSR count). The number of pyridine rings is 1. The number of nitrogens with one attached hydrogen (secondary N) is 2. The van der Waals surface area contributed by atoms with Gasteiger partial charge in [0, 0.05) is 38.6 Å². The van der Waals surface area contributed by atoms with Crippen molar-refractivity contribution in [2.75, 3.05) is 38.1 Å². The van der Waals surface area contributed by atoms with Crippen molar-refractivity contribution < 1.29 is 4.79 Å². The summed E-state index contributed by atoms with van der Waals surface area (Å²) in [5.41, 5.74) is 3.34. The van der Waals surface area contributed by atoms with E-state index in [9.17, 15) is 9.59 Å². The van der Waals surface area contributed by atoms with Crippen LogP contribution >= 0.6 is 0 Å². The third-order valence-electron chi connectivity index (χ3n) is 7.54. The fourth-order valence-electron chi connectivity index (χ4n) is 5.63. The van der Waals surface area contributed by atoms with Gasteiger partial charge >= 0.3 is 0 Å². The summed E-state index contributed by atoms with van der Waals surface area (Å²) < 4.78 is 0. The van der Waals surface area contributed by atoms with Gasteiger partial charge in [0.1, 0.15) is 11.5 Å². The number of fused-ring (bicyclic) bond motifs is 1. The van der Waals surface area contributed by atoms with Gasteiger partial charge in [-0.05, 0) is 62.9 Å². The number of hydrogen-bond donors (Lipinski definition) is 2. The van der Waals surface area contributed by atoms with Crippen molar-refractivity contribution in [1.82, 2.24) is 25.2 Å². The number of amides is 1. The third-order valence-corrected chi connectivity index (χ3v) is 7.54. The summed E-state index contributed by atoms with van der Waals surface area (Å²) in [5, 5.41) is 3.31. The van der Waals surface area contributed by atoms with Crippen molar-refractivity contribution >= 4 is 22.5 Å². The van der Waals surface area contributed by atoms with Gasteiger partial charge < -0.3 is 15.2 Å².